The van der Waals surface area contributed by atoms with E-state index in [1.165, 1.54) is 28.4 Å². The molecule has 2 aromatic rings. The van der Waals surface area contributed by atoms with E-state index in [2.05, 4.69) is 20.9 Å². The van der Waals surface area contributed by atoms with Gasteiger partial charge in [0.2, 0.25) is 35.4 Å². The number of benzene rings is 1. The van der Waals surface area contributed by atoms with Crippen molar-refractivity contribution in [2.75, 3.05) is 34.4 Å². The van der Waals surface area contributed by atoms with E-state index >= 15 is 0 Å². The highest BCUT2D eigenvalue weighted by atomic mass is 32.1. The minimum absolute atomic E-state index is 0.0132. The van der Waals surface area contributed by atoms with Crippen molar-refractivity contribution in [2.24, 2.45) is 17.8 Å². The van der Waals surface area contributed by atoms with Crippen LogP contribution in [0.2, 0.25) is 0 Å². The molecule has 370 valence electrons. The molecule has 5 rings (SSSR count). The number of aromatic nitrogens is 1. The van der Waals surface area contributed by atoms with E-state index in [9.17, 15) is 33.9 Å². The van der Waals surface area contributed by atoms with Crippen LogP contribution in [0.4, 0.5) is 0 Å². The number of ether oxygens (including phenoxy) is 2. The van der Waals surface area contributed by atoms with Gasteiger partial charge in [-0.2, -0.15) is 0 Å². The molecule has 3 heterocycles. The average Bonchev–Trinajstić information content (AvgIpc) is 4.16. The molecule has 0 spiro atoms. The zero-order valence-electron chi connectivity index (χ0n) is 40.8. The first-order chi connectivity index (χ1) is 32.0. The van der Waals surface area contributed by atoms with Gasteiger partial charge in [-0.1, -0.05) is 70.4 Å². The summed E-state index contributed by atoms with van der Waals surface area (Å²) in [7, 11) is 4.88. The lowest BCUT2D eigenvalue weighted by Gasteiger charge is -2.41. The maximum atomic E-state index is 14.6. The van der Waals surface area contributed by atoms with Crippen molar-refractivity contribution in [3.8, 4) is 0 Å². The summed E-state index contributed by atoms with van der Waals surface area (Å²) in [5, 5.41) is 21.6. The first-order valence-corrected chi connectivity index (χ1v) is 25.0. The topological polar surface area (TPSA) is 200 Å². The van der Waals surface area contributed by atoms with Gasteiger partial charge in [0.15, 0.2) is 0 Å². The minimum atomic E-state index is -1.33. The number of unbranched alkanes of at least 4 members (excludes halogenated alkanes) is 2. The summed E-state index contributed by atoms with van der Waals surface area (Å²) in [6, 6.07) is 7.90. The van der Waals surface area contributed by atoms with E-state index < -0.39 is 47.9 Å². The van der Waals surface area contributed by atoms with Crippen molar-refractivity contribution in [3.05, 3.63) is 64.6 Å². The molecular formula is C50H75N7O9S. The summed E-state index contributed by atoms with van der Waals surface area (Å²) in [5.74, 6) is -2.51. The largest absolute Gasteiger partial charge is 0.379 e. The van der Waals surface area contributed by atoms with Crippen molar-refractivity contribution in [1.82, 2.24) is 35.6 Å². The van der Waals surface area contributed by atoms with E-state index in [0.717, 1.165) is 42.7 Å². The molecule has 8 unspecified atom stereocenters. The number of hydrogen-bond acceptors (Lipinski definition) is 11. The Balaban J connectivity index is 1.21. The van der Waals surface area contributed by atoms with Crippen LogP contribution in [0.1, 0.15) is 122 Å². The summed E-state index contributed by atoms with van der Waals surface area (Å²) in [6.07, 6.45) is 10.1. The van der Waals surface area contributed by atoms with Crippen molar-refractivity contribution in [1.29, 1.82) is 0 Å². The molecule has 4 N–H and O–H groups in total. The van der Waals surface area contributed by atoms with Crippen molar-refractivity contribution in [3.63, 3.8) is 0 Å². The predicted octanol–water partition coefficient (Wildman–Crippen LogP) is 4.92. The van der Waals surface area contributed by atoms with Crippen LogP contribution in [-0.4, -0.2) is 137 Å². The number of hydrogen-bond donors (Lipinski definition) is 4. The smallest absolute Gasteiger partial charge is 0.248 e. The standard InChI is InChI=1S/C50H75N7O9S/c1-32(2)43(53-49(64)50(4,5)54-39(58)23-13-10-16-27-57-40(59)24-25-41(57)60)48(63)55(6)44(35-20-14-15-21-35)38(65-7)31-42(61)56-28-17-22-37(56)45(66-8)33(3)46(62)52-36(47-51-26-29-67-47)30-34-18-11-9-12-19-34/h9,11-12,18-19,24-26,29,32-33,35-38,40,43-45,59H,10,13-17,20-23,27-28,30-31H2,1-8H3,(H,52,62)(H,53,64)(H,54,58). The molecule has 0 radical (unpaired) electrons. The number of amides is 6. The highest BCUT2D eigenvalue weighted by Crippen LogP contribution is 2.35. The summed E-state index contributed by atoms with van der Waals surface area (Å²) < 4.78 is 12.2. The van der Waals surface area contributed by atoms with Gasteiger partial charge in [0.1, 0.15) is 22.8 Å². The number of likely N-dealkylation sites (tertiary alicyclic amines) is 1. The number of aliphatic hydroxyl groups excluding tert-OH is 1. The van der Waals surface area contributed by atoms with Gasteiger partial charge >= 0.3 is 0 Å². The Kier molecular flexibility index (Phi) is 19.9. The Hall–Kier alpha value is -4.71. The number of carbonyl (C=O) groups is 6. The lowest BCUT2D eigenvalue weighted by molar-refractivity contribution is -0.148. The zero-order valence-corrected chi connectivity index (χ0v) is 41.6. The molecule has 1 saturated heterocycles. The molecule has 17 heteroatoms. The first kappa shape index (κ1) is 53.2. The van der Waals surface area contributed by atoms with E-state index in [0.29, 0.717) is 45.2 Å². The molecule has 1 saturated carbocycles. The molecule has 6 amide bonds. The molecule has 1 aliphatic carbocycles. The van der Waals surface area contributed by atoms with Crippen LogP contribution in [0.5, 0.6) is 0 Å². The first-order valence-electron chi connectivity index (χ1n) is 24.1. The van der Waals surface area contributed by atoms with Gasteiger partial charge in [-0.15, -0.1) is 11.3 Å². The number of rotatable bonds is 25. The van der Waals surface area contributed by atoms with E-state index in [1.807, 2.05) is 61.4 Å². The third-order valence-electron chi connectivity index (χ3n) is 13.8. The fourth-order valence-electron chi connectivity index (χ4n) is 10.0. The zero-order chi connectivity index (χ0) is 48.8. The van der Waals surface area contributed by atoms with Gasteiger partial charge in [-0.3, -0.25) is 28.8 Å². The van der Waals surface area contributed by atoms with Gasteiger partial charge in [0.05, 0.1) is 42.7 Å². The predicted molar refractivity (Wildman–Crippen MR) is 256 cm³/mol. The van der Waals surface area contributed by atoms with Gasteiger partial charge in [0, 0.05) is 58.4 Å². The maximum absolute atomic E-state index is 14.6. The number of aliphatic hydroxyl groups is 1. The number of carbonyl (C=O) groups excluding carboxylic acids is 6. The Labute approximate surface area is 401 Å². The summed E-state index contributed by atoms with van der Waals surface area (Å²) in [4.78, 5) is 91.2. The van der Waals surface area contributed by atoms with Gasteiger partial charge in [-0.25, -0.2) is 4.98 Å². The van der Waals surface area contributed by atoms with Crippen molar-refractivity contribution >= 4 is 46.8 Å². The molecule has 3 aliphatic rings. The quantitative estimate of drug-likeness (QED) is 0.0992. The lowest BCUT2D eigenvalue weighted by atomic mass is 9.88. The Bertz CT molecular complexity index is 1980. The maximum Gasteiger partial charge on any atom is 0.248 e. The molecule has 0 bridgehead atoms. The highest BCUT2D eigenvalue weighted by Gasteiger charge is 2.45. The van der Waals surface area contributed by atoms with Gasteiger partial charge in [-0.05, 0) is 82.3 Å². The van der Waals surface area contributed by atoms with Crippen LogP contribution in [-0.2, 0) is 44.7 Å². The number of nitrogens with zero attached hydrogens (tertiary/aromatic N) is 4. The molecule has 8 atom stereocenters. The van der Waals surface area contributed by atoms with Crippen LogP contribution in [0.25, 0.3) is 0 Å². The Morgan fingerprint density at radius 1 is 0.970 bits per heavy atom. The number of methoxy groups -OCH3 is 2. The van der Waals surface area contributed by atoms with E-state index in [-0.39, 0.29) is 66.3 Å². The number of nitrogens with one attached hydrogen (secondary N) is 3. The van der Waals surface area contributed by atoms with Gasteiger partial charge in [0.25, 0.3) is 0 Å². The number of thiazole rings is 1. The summed E-state index contributed by atoms with van der Waals surface area (Å²) >= 11 is 1.49. The van der Waals surface area contributed by atoms with E-state index in [4.69, 9.17) is 9.47 Å². The second-order valence-corrected chi connectivity index (χ2v) is 20.3. The summed E-state index contributed by atoms with van der Waals surface area (Å²) in [6.45, 7) is 9.65. The monoisotopic (exact) mass is 950 g/mol. The van der Waals surface area contributed by atoms with Crippen LogP contribution in [0, 0.1) is 17.8 Å². The molecule has 67 heavy (non-hydrogen) atoms. The Morgan fingerprint density at radius 2 is 1.69 bits per heavy atom. The van der Waals surface area contributed by atoms with Crippen LogP contribution >= 0.6 is 11.3 Å². The van der Waals surface area contributed by atoms with Crippen molar-refractivity contribution < 1.29 is 43.3 Å². The van der Waals surface area contributed by atoms with E-state index in [1.54, 1.807) is 46.2 Å². The fraction of sp³-hybridized carbons (Fsp3) is 0.660. The normalized spacial score (nSPS) is 20.4. The molecule has 1 aromatic heterocycles. The van der Waals surface area contributed by atoms with Crippen LogP contribution in [0.15, 0.2) is 54.1 Å². The number of likely N-dealkylation sites (N-methyl/N-ethyl adjacent to an activating group) is 1. The van der Waals surface area contributed by atoms with Crippen LogP contribution < -0.4 is 16.0 Å². The third-order valence-corrected chi connectivity index (χ3v) is 14.7. The highest BCUT2D eigenvalue weighted by molar-refractivity contribution is 7.09. The molecule has 16 nitrogen and oxygen atoms in total. The third kappa shape index (κ3) is 14.2. The average molecular weight is 950 g/mol. The fourth-order valence-corrected chi connectivity index (χ4v) is 10.7. The van der Waals surface area contributed by atoms with Gasteiger partial charge < -0.3 is 45.2 Å². The minimum Gasteiger partial charge on any atom is -0.379 e. The summed E-state index contributed by atoms with van der Waals surface area (Å²) in [5.41, 5.74) is -0.255. The SMILES string of the molecule is COC(CC(=O)N1CCCC1C(OC)C(C)C(=O)NC(Cc1ccccc1)c1nccs1)C(C1CCCC1)N(C)C(=O)C(NC(=O)C(C)(C)NC(=O)CCCCCN1C(=O)C=CC1O)C(C)C. The second kappa shape index (κ2) is 25.1. The van der Waals surface area contributed by atoms with Crippen LogP contribution in [0.3, 0.4) is 0 Å². The molecule has 2 aliphatic heterocycles. The second-order valence-electron chi connectivity index (χ2n) is 19.4. The lowest BCUT2D eigenvalue weighted by Crippen LogP contribution is -2.62. The molecule has 2 fully saturated rings. The molecular weight excluding hydrogens is 875 g/mol. The molecule has 1 aromatic carbocycles. The van der Waals surface area contributed by atoms with Crippen molar-refractivity contribution in [2.45, 2.75) is 160 Å². The Morgan fingerprint density at radius 3 is 2.30 bits per heavy atom.